The van der Waals surface area contributed by atoms with Crippen molar-refractivity contribution >= 4 is 22.6 Å². The van der Waals surface area contributed by atoms with Crippen molar-refractivity contribution in [1.29, 1.82) is 5.26 Å². The van der Waals surface area contributed by atoms with E-state index in [4.69, 9.17) is 10.00 Å². The van der Waals surface area contributed by atoms with Gasteiger partial charge in [0.05, 0.1) is 24.7 Å². The van der Waals surface area contributed by atoms with Gasteiger partial charge >= 0.3 is 0 Å². The van der Waals surface area contributed by atoms with Crippen molar-refractivity contribution in [3.05, 3.63) is 59.8 Å². The van der Waals surface area contributed by atoms with Gasteiger partial charge in [0.15, 0.2) is 5.78 Å². The molecule has 0 bridgehead atoms. The van der Waals surface area contributed by atoms with E-state index in [1.54, 1.807) is 12.1 Å². The Hall–Kier alpha value is -3.86. The third-order valence-corrected chi connectivity index (χ3v) is 6.60. The number of alkyl halides is 2. The molecule has 8 heteroatoms. The maximum Gasteiger partial charge on any atom is 0.268 e. The molecule has 6 nitrogen and oxygen atoms in total. The molecule has 2 aliphatic heterocycles. The fraction of sp³-hybridized carbons (Fsp3) is 0.333. The summed E-state index contributed by atoms with van der Waals surface area (Å²) in [6.07, 6.45) is 2.47. The van der Waals surface area contributed by atoms with Crippen LogP contribution >= 0.6 is 0 Å². The SMILES string of the molecule is N#C[C@@H]1CC(F)(F)CN1C(=O)CCC(=O)c1ccnc2ccc(-c3ccc4c(c3)OCCC4)cc12. The van der Waals surface area contributed by atoms with Gasteiger partial charge in [-0.3, -0.25) is 14.6 Å². The summed E-state index contributed by atoms with van der Waals surface area (Å²) in [5.41, 5.74) is 4.11. The van der Waals surface area contributed by atoms with Crippen LogP contribution in [0, 0.1) is 11.3 Å². The molecule has 1 atom stereocenters. The second-order valence-corrected chi connectivity index (χ2v) is 9.01. The number of rotatable bonds is 5. The quantitative estimate of drug-likeness (QED) is 0.488. The molecule has 1 saturated heterocycles. The number of likely N-dealkylation sites (tertiary alicyclic amines) is 1. The van der Waals surface area contributed by atoms with E-state index in [2.05, 4.69) is 11.1 Å². The van der Waals surface area contributed by atoms with Gasteiger partial charge in [-0.25, -0.2) is 8.78 Å². The van der Waals surface area contributed by atoms with Gasteiger partial charge in [0.1, 0.15) is 11.8 Å². The molecule has 2 aliphatic rings. The molecule has 0 radical (unpaired) electrons. The van der Waals surface area contributed by atoms with Crippen LogP contribution < -0.4 is 4.74 Å². The second-order valence-electron chi connectivity index (χ2n) is 9.01. The Morgan fingerprint density at radius 3 is 2.77 bits per heavy atom. The number of ether oxygens (including phenoxy) is 1. The number of hydrogen-bond donors (Lipinski definition) is 0. The van der Waals surface area contributed by atoms with E-state index in [1.165, 1.54) is 11.8 Å². The Balaban J connectivity index is 1.37. The number of Topliss-reactive ketones (excluding diaryl/α,β-unsaturated/α-hetero) is 1. The smallest absolute Gasteiger partial charge is 0.268 e. The predicted octanol–water partition coefficient (Wildman–Crippen LogP) is 4.95. The van der Waals surface area contributed by atoms with E-state index in [0.29, 0.717) is 23.1 Å². The molecule has 178 valence electrons. The normalized spacial score (nSPS) is 18.5. The van der Waals surface area contributed by atoms with Gasteiger partial charge < -0.3 is 9.64 Å². The number of aryl methyl sites for hydroxylation is 1. The lowest BCUT2D eigenvalue weighted by Crippen LogP contribution is -2.36. The molecular weight excluding hydrogens is 452 g/mol. The maximum absolute atomic E-state index is 13.7. The van der Waals surface area contributed by atoms with Crippen molar-refractivity contribution in [1.82, 2.24) is 9.88 Å². The molecule has 35 heavy (non-hydrogen) atoms. The third-order valence-electron chi connectivity index (χ3n) is 6.60. The summed E-state index contributed by atoms with van der Waals surface area (Å²) in [4.78, 5) is 30.8. The number of carbonyl (C=O) groups excluding carboxylic acids is 2. The largest absolute Gasteiger partial charge is 0.493 e. The molecule has 1 amide bonds. The number of carbonyl (C=O) groups is 2. The first kappa shape index (κ1) is 22.9. The molecule has 0 spiro atoms. The number of pyridine rings is 1. The topological polar surface area (TPSA) is 83.3 Å². The number of fused-ring (bicyclic) bond motifs is 2. The van der Waals surface area contributed by atoms with E-state index in [0.717, 1.165) is 34.6 Å². The molecule has 5 rings (SSSR count). The first-order chi connectivity index (χ1) is 16.8. The highest BCUT2D eigenvalue weighted by Crippen LogP contribution is 2.34. The summed E-state index contributed by atoms with van der Waals surface area (Å²) in [5.74, 6) is -3.11. The van der Waals surface area contributed by atoms with Crippen molar-refractivity contribution in [3.63, 3.8) is 0 Å². The van der Waals surface area contributed by atoms with Crippen LogP contribution in [-0.2, 0) is 11.2 Å². The minimum atomic E-state index is -3.08. The van der Waals surface area contributed by atoms with Gasteiger partial charge in [0.25, 0.3) is 5.92 Å². The molecular formula is C27H23F2N3O3. The first-order valence-electron chi connectivity index (χ1n) is 11.6. The highest BCUT2D eigenvalue weighted by atomic mass is 19.3. The van der Waals surface area contributed by atoms with Gasteiger partial charge in [-0.15, -0.1) is 0 Å². The number of nitriles is 1. The predicted molar refractivity (Wildman–Crippen MR) is 125 cm³/mol. The van der Waals surface area contributed by atoms with Crippen LogP contribution in [0.1, 0.15) is 41.6 Å². The molecule has 0 aliphatic carbocycles. The molecule has 0 N–H and O–H groups in total. The van der Waals surface area contributed by atoms with Gasteiger partial charge in [-0.1, -0.05) is 18.2 Å². The van der Waals surface area contributed by atoms with Crippen LogP contribution in [0.5, 0.6) is 5.75 Å². The summed E-state index contributed by atoms with van der Waals surface area (Å²) in [6.45, 7) is -0.0933. The Morgan fingerprint density at radius 2 is 1.94 bits per heavy atom. The van der Waals surface area contributed by atoms with Gasteiger partial charge in [0.2, 0.25) is 5.91 Å². The lowest BCUT2D eigenvalue weighted by atomic mass is 9.96. The molecule has 1 aromatic heterocycles. The van der Waals surface area contributed by atoms with Crippen molar-refractivity contribution < 1.29 is 23.1 Å². The monoisotopic (exact) mass is 475 g/mol. The number of ketones is 1. The van der Waals surface area contributed by atoms with Crippen LogP contribution in [0.15, 0.2) is 48.7 Å². The maximum atomic E-state index is 13.7. The molecule has 1 fully saturated rings. The molecule has 0 unspecified atom stereocenters. The molecule has 0 saturated carbocycles. The fourth-order valence-corrected chi connectivity index (χ4v) is 4.78. The van der Waals surface area contributed by atoms with Gasteiger partial charge in [-0.2, -0.15) is 5.26 Å². The zero-order chi connectivity index (χ0) is 24.6. The summed E-state index contributed by atoms with van der Waals surface area (Å²) >= 11 is 0. The molecule has 3 aromatic rings. The van der Waals surface area contributed by atoms with Crippen LogP contribution in [0.4, 0.5) is 8.78 Å². The number of aromatic nitrogens is 1. The Kier molecular flexibility index (Phi) is 5.93. The average Bonchev–Trinajstić information content (AvgIpc) is 3.20. The number of halogens is 2. The minimum absolute atomic E-state index is 0.144. The zero-order valence-electron chi connectivity index (χ0n) is 19.0. The highest BCUT2D eigenvalue weighted by Gasteiger charge is 2.47. The number of hydrogen-bond acceptors (Lipinski definition) is 5. The standard InChI is InChI=1S/C27H23F2N3O3/c28-27(29)14-20(15-30)32(16-27)26(34)8-7-24(33)21-9-10-31-23-6-5-18(12-22(21)23)19-4-3-17-2-1-11-35-25(17)13-19/h3-6,9-10,12-13,20H,1-2,7-8,11,14,16H2/t20-/m0/s1. The van der Waals surface area contributed by atoms with Crippen LogP contribution in [0.3, 0.4) is 0 Å². The van der Waals surface area contributed by atoms with E-state index in [1.807, 2.05) is 30.3 Å². The van der Waals surface area contributed by atoms with E-state index >= 15 is 0 Å². The summed E-state index contributed by atoms with van der Waals surface area (Å²) in [7, 11) is 0. The molecule has 3 heterocycles. The summed E-state index contributed by atoms with van der Waals surface area (Å²) in [6, 6.07) is 14.0. The Labute approximate surface area is 201 Å². The number of nitrogens with zero attached hydrogens (tertiary/aromatic N) is 3. The summed E-state index contributed by atoms with van der Waals surface area (Å²) < 4.78 is 33.1. The fourth-order valence-electron chi connectivity index (χ4n) is 4.78. The van der Waals surface area contributed by atoms with Crippen molar-refractivity contribution in [3.8, 4) is 22.9 Å². The van der Waals surface area contributed by atoms with E-state index in [-0.39, 0.29) is 18.6 Å². The van der Waals surface area contributed by atoms with Gasteiger partial charge in [0, 0.05) is 36.4 Å². The number of benzene rings is 2. The van der Waals surface area contributed by atoms with Crippen molar-refractivity contribution in [2.24, 2.45) is 0 Å². The third kappa shape index (κ3) is 4.59. The van der Waals surface area contributed by atoms with Crippen LogP contribution in [-0.4, -0.2) is 46.7 Å². The van der Waals surface area contributed by atoms with E-state index < -0.39 is 30.8 Å². The second kappa shape index (κ2) is 9.06. The lowest BCUT2D eigenvalue weighted by molar-refractivity contribution is -0.132. The van der Waals surface area contributed by atoms with Gasteiger partial charge in [-0.05, 0) is 53.8 Å². The van der Waals surface area contributed by atoms with Crippen LogP contribution in [0.25, 0.3) is 22.0 Å². The zero-order valence-corrected chi connectivity index (χ0v) is 19.0. The average molecular weight is 475 g/mol. The lowest BCUT2D eigenvalue weighted by Gasteiger charge is -2.19. The Bertz CT molecular complexity index is 1370. The van der Waals surface area contributed by atoms with E-state index in [9.17, 15) is 18.4 Å². The number of amides is 1. The minimum Gasteiger partial charge on any atom is -0.493 e. The first-order valence-corrected chi connectivity index (χ1v) is 11.6. The van der Waals surface area contributed by atoms with Crippen LogP contribution in [0.2, 0.25) is 0 Å². The van der Waals surface area contributed by atoms with Crippen molar-refractivity contribution in [2.75, 3.05) is 13.2 Å². The Morgan fingerprint density at radius 1 is 1.14 bits per heavy atom. The van der Waals surface area contributed by atoms with Crippen molar-refractivity contribution in [2.45, 2.75) is 44.1 Å². The molecule has 2 aromatic carbocycles. The highest BCUT2D eigenvalue weighted by molar-refractivity contribution is 6.08. The summed E-state index contributed by atoms with van der Waals surface area (Å²) in [5, 5.41) is 9.77.